The Hall–Kier alpha value is -4.23. The van der Waals surface area contributed by atoms with Crippen molar-refractivity contribution in [3.63, 3.8) is 0 Å². The lowest BCUT2D eigenvalue weighted by molar-refractivity contribution is -0.110. The van der Waals surface area contributed by atoms with Gasteiger partial charge in [-0.15, -0.1) is 0 Å². The molecule has 2 aromatic carbocycles. The molecular formula is C22H19N6O+3. The normalized spacial score (nSPS) is 13.1. The summed E-state index contributed by atoms with van der Waals surface area (Å²) in [6, 6.07) is 16.5. The molecule has 1 amide bonds. The molecule has 0 unspecified atom stereocenters. The van der Waals surface area contributed by atoms with Crippen LogP contribution in [-0.2, 0) is 4.79 Å². The van der Waals surface area contributed by atoms with Crippen molar-refractivity contribution in [3.05, 3.63) is 58.7 Å². The Morgan fingerprint density at radius 2 is 2.03 bits per heavy atom. The van der Waals surface area contributed by atoms with Crippen molar-refractivity contribution in [1.82, 2.24) is 13.9 Å². The van der Waals surface area contributed by atoms with Gasteiger partial charge in [0.15, 0.2) is 0 Å². The van der Waals surface area contributed by atoms with Crippen LogP contribution in [0.15, 0.2) is 47.5 Å². The molecule has 2 aromatic rings. The minimum Gasteiger partial charge on any atom is -0.377 e. The molecule has 0 bridgehead atoms. The summed E-state index contributed by atoms with van der Waals surface area (Å²) in [5.41, 5.74) is 2.80. The minimum atomic E-state index is -0.298. The van der Waals surface area contributed by atoms with Crippen molar-refractivity contribution < 1.29 is 4.79 Å². The first-order valence-electron chi connectivity index (χ1n) is 9.04. The van der Waals surface area contributed by atoms with Crippen LogP contribution < -0.4 is 34.8 Å². The fourth-order valence-electron chi connectivity index (χ4n) is 2.86. The maximum Gasteiger partial charge on any atom is 0.537 e. The van der Waals surface area contributed by atoms with E-state index in [9.17, 15) is 4.79 Å². The molecular weight excluding hydrogens is 364 g/mol. The molecule has 0 aromatic heterocycles. The Balaban J connectivity index is 1.56. The van der Waals surface area contributed by atoms with E-state index in [1.54, 1.807) is 17.8 Å². The lowest BCUT2D eigenvalue weighted by Gasteiger charge is -2.08. The molecule has 7 heteroatoms. The largest absolute Gasteiger partial charge is 0.537 e. The number of anilines is 2. The number of rotatable bonds is 3. The number of benzene rings is 2. The fraction of sp³-hybridized carbons (Fsp3) is 0.136. The van der Waals surface area contributed by atoms with E-state index in [0.29, 0.717) is 17.2 Å². The predicted octanol–water partition coefficient (Wildman–Crippen LogP) is -1.07. The molecule has 2 heterocycles. The zero-order valence-electron chi connectivity index (χ0n) is 16.3. The average Bonchev–Trinajstić information content (AvgIpc) is 3.32. The molecule has 2 aliphatic rings. The van der Waals surface area contributed by atoms with Gasteiger partial charge in [0.05, 0.1) is 13.0 Å². The van der Waals surface area contributed by atoms with Gasteiger partial charge in [-0.2, -0.15) is 0 Å². The molecule has 0 radical (unpaired) electrons. The van der Waals surface area contributed by atoms with E-state index in [0.717, 1.165) is 22.0 Å². The first-order valence-corrected chi connectivity index (χ1v) is 9.04. The maximum atomic E-state index is 12.2. The Bertz CT molecular complexity index is 1360. The summed E-state index contributed by atoms with van der Waals surface area (Å²) in [6.45, 7) is 1.74. The first kappa shape index (κ1) is 18.1. The summed E-state index contributed by atoms with van der Waals surface area (Å²) >= 11 is 0. The third-order valence-corrected chi connectivity index (χ3v) is 4.38. The lowest BCUT2D eigenvalue weighted by Crippen LogP contribution is -2.33. The van der Waals surface area contributed by atoms with Gasteiger partial charge < -0.3 is 10.2 Å². The van der Waals surface area contributed by atoms with Gasteiger partial charge in [-0.3, -0.25) is 4.79 Å². The zero-order valence-corrected chi connectivity index (χ0v) is 16.3. The second-order valence-electron chi connectivity index (χ2n) is 6.76. The van der Waals surface area contributed by atoms with E-state index >= 15 is 0 Å². The highest BCUT2D eigenvalue weighted by Gasteiger charge is 2.23. The summed E-state index contributed by atoms with van der Waals surface area (Å²) in [5.74, 6) is 3.39. The highest BCUT2D eigenvalue weighted by atomic mass is 16.1. The van der Waals surface area contributed by atoms with E-state index < -0.39 is 0 Å². The van der Waals surface area contributed by atoms with Crippen LogP contribution >= 0.6 is 0 Å². The number of hydrogen-bond acceptors (Lipinski definition) is 3. The van der Waals surface area contributed by atoms with Crippen LogP contribution in [0.3, 0.4) is 0 Å². The van der Waals surface area contributed by atoms with Crippen LogP contribution in [0.1, 0.15) is 12.5 Å². The van der Waals surface area contributed by atoms with E-state index in [1.165, 1.54) is 6.21 Å². The molecule has 7 nitrogen and oxygen atoms in total. The molecule has 2 aliphatic heterocycles. The van der Waals surface area contributed by atoms with Crippen LogP contribution in [-0.4, -0.2) is 44.1 Å². The number of hydrogen-bond donors (Lipinski definition) is 1. The van der Waals surface area contributed by atoms with Crippen LogP contribution in [0.4, 0.5) is 11.4 Å². The van der Waals surface area contributed by atoms with E-state index in [1.807, 2.05) is 61.5 Å². The lowest BCUT2D eigenvalue weighted by atomic mass is 10.2. The number of fused-ring (bicyclic) bond motifs is 1. The molecule has 29 heavy (non-hydrogen) atoms. The molecule has 0 fully saturated rings. The Kier molecular flexibility index (Phi) is 4.64. The number of amides is 1. The summed E-state index contributed by atoms with van der Waals surface area (Å²) in [4.78, 5) is 18.4. The van der Waals surface area contributed by atoms with Crippen LogP contribution in [0, 0.1) is 12.0 Å². The average molecular weight is 383 g/mol. The Morgan fingerprint density at radius 3 is 2.79 bits per heavy atom. The van der Waals surface area contributed by atoms with Crippen LogP contribution in [0.25, 0.3) is 0 Å². The molecule has 0 saturated heterocycles. The van der Waals surface area contributed by atoms with Gasteiger partial charge in [-0.1, -0.05) is 6.07 Å². The third kappa shape index (κ3) is 3.90. The highest BCUT2D eigenvalue weighted by molar-refractivity contribution is 6.64. The molecule has 1 N–H and O–H groups in total. The number of nitrogens with zero attached hydrogens (tertiary/aromatic N) is 5. The molecule has 0 atom stereocenters. The summed E-state index contributed by atoms with van der Waals surface area (Å²) in [6.07, 6.45) is 3.17. The van der Waals surface area contributed by atoms with Crippen molar-refractivity contribution in [2.75, 3.05) is 24.3 Å². The predicted molar refractivity (Wildman–Crippen MR) is 117 cm³/mol. The summed E-state index contributed by atoms with van der Waals surface area (Å²) in [7, 11) is 3.99. The first-order chi connectivity index (χ1) is 14.0. The van der Waals surface area contributed by atoms with E-state index in [4.69, 9.17) is 0 Å². The number of aliphatic imine (C=N–C) groups is 1. The third-order valence-electron chi connectivity index (χ3n) is 4.38. The van der Waals surface area contributed by atoms with E-state index in [-0.39, 0.29) is 5.91 Å². The quantitative estimate of drug-likeness (QED) is 0.416. The monoisotopic (exact) mass is 383 g/mol. The van der Waals surface area contributed by atoms with Gasteiger partial charge in [-0.25, -0.2) is 4.67 Å². The van der Waals surface area contributed by atoms with Gasteiger partial charge in [-0.05, 0) is 38.5 Å². The highest BCUT2D eigenvalue weighted by Crippen LogP contribution is 2.10. The van der Waals surface area contributed by atoms with Crippen molar-refractivity contribution in [1.29, 1.82) is 0 Å². The van der Waals surface area contributed by atoms with Crippen molar-refractivity contribution in [2.24, 2.45) is 4.99 Å². The maximum absolute atomic E-state index is 12.2. The molecule has 140 valence electrons. The number of amidine groups is 1. The number of nitrogens with one attached hydrogen (secondary N) is 1. The van der Waals surface area contributed by atoms with Crippen molar-refractivity contribution in [3.8, 4) is 12.0 Å². The second kappa shape index (κ2) is 7.41. The number of carbonyl (C=O) groups is 1. The Morgan fingerprint density at radius 1 is 1.17 bits per heavy atom. The molecule has 0 saturated carbocycles. The number of carbonyl (C=O) groups excluding carboxylic acids is 1. The van der Waals surface area contributed by atoms with Gasteiger partial charge in [0.1, 0.15) is 0 Å². The van der Waals surface area contributed by atoms with Gasteiger partial charge >= 0.3 is 28.8 Å². The molecule has 0 spiro atoms. The van der Waals surface area contributed by atoms with Crippen molar-refractivity contribution >= 4 is 41.4 Å². The molecule has 0 aliphatic carbocycles. The van der Waals surface area contributed by atoms with Crippen molar-refractivity contribution in [2.45, 2.75) is 6.92 Å². The minimum absolute atomic E-state index is 0.293. The Labute approximate surface area is 167 Å². The van der Waals surface area contributed by atoms with Crippen LogP contribution in [0.5, 0.6) is 0 Å². The van der Waals surface area contributed by atoms with Crippen LogP contribution in [0.2, 0.25) is 0 Å². The topological polar surface area (TPSA) is 75.9 Å². The SMILES string of the molecule is CC1=[N+]=CC(C(=O)Nc2cccc(C#C[N+]3=c4ccc(N(C)C)cc4=[N+]=C3)c2)=N1. The zero-order chi connectivity index (χ0) is 20.4. The van der Waals surface area contributed by atoms with Gasteiger partial charge in [0, 0.05) is 43.0 Å². The van der Waals surface area contributed by atoms with E-state index in [2.05, 4.69) is 31.6 Å². The van der Waals surface area contributed by atoms with Gasteiger partial charge in [0.2, 0.25) is 12.3 Å². The fourth-order valence-corrected chi connectivity index (χ4v) is 2.86. The smallest absolute Gasteiger partial charge is 0.377 e. The summed E-state index contributed by atoms with van der Waals surface area (Å²) < 4.78 is 10.2. The second-order valence-corrected chi connectivity index (χ2v) is 6.76. The molecule has 4 rings (SSSR count). The standard InChI is InChI=1S/C22H18N6O/c1-15-23-13-20(25-15)22(29)26-17-6-4-5-16(11-17)9-10-28-14-24-19-12-18(27(2)3)7-8-21(19)28/h4-8,11-14H,1-3H3/q+2/p+1. The van der Waals surface area contributed by atoms with Gasteiger partial charge in [0.25, 0.3) is 5.71 Å². The summed E-state index contributed by atoms with van der Waals surface area (Å²) in [5, 5.41) is 4.65.